The Morgan fingerprint density at radius 2 is 2.07 bits per heavy atom. The van der Waals surface area contributed by atoms with Crippen LogP contribution in [0.3, 0.4) is 0 Å². The van der Waals surface area contributed by atoms with Gasteiger partial charge in [0.25, 0.3) is 0 Å². The normalized spacial score (nSPS) is 29.1. The molecule has 0 spiro atoms. The lowest BCUT2D eigenvalue weighted by Crippen LogP contribution is -2.18. The predicted octanol–water partition coefficient (Wildman–Crippen LogP) is 2.77. The predicted molar refractivity (Wildman–Crippen MR) is 59.7 cm³/mol. The number of hydrogen-bond donors (Lipinski definition) is 0. The topological polar surface area (TPSA) is 21.8 Å². The molecule has 0 amide bonds. The lowest BCUT2D eigenvalue weighted by atomic mass is 10.1. The SMILES string of the molecule is CC[C@H]1O[C@]1(C)COCc1ccccc1. The summed E-state index contributed by atoms with van der Waals surface area (Å²) in [6.45, 7) is 5.63. The molecule has 2 heteroatoms. The van der Waals surface area contributed by atoms with Crippen LogP contribution >= 0.6 is 0 Å². The fraction of sp³-hybridized carbons (Fsp3) is 0.538. The van der Waals surface area contributed by atoms with Crippen molar-refractivity contribution in [1.29, 1.82) is 0 Å². The Morgan fingerprint density at radius 1 is 1.33 bits per heavy atom. The van der Waals surface area contributed by atoms with Crippen molar-refractivity contribution in [2.75, 3.05) is 6.61 Å². The molecule has 1 fully saturated rings. The molecule has 1 aromatic carbocycles. The van der Waals surface area contributed by atoms with Crippen LogP contribution in [-0.4, -0.2) is 18.3 Å². The van der Waals surface area contributed by atoms with Crippen LogP contribution in [0.15, 0.2) is 30.3 Å². The first-order valence-corrected chi connectivity index (χ1v) is 5.54. The van der Waals surface area contributed by atoms with Crippen LogP contribution in [0.25, 0.3) is 0 Å². The summed E-state index contributed by atoms with van der Waals surface area (Å²) in [7, 11) is 0. The molecule has 15 heavy (non-hydrogen) atoms. The maximum absolute atomic E-state index is 5.65. The van der Waals surface area contributed by atoms with Gasteiger partial charge in [0, 0.05) is 0 Å². The van der Waals surface area contributed by atoms with Crippen LogP contribution in [0, 0.1) is 0 Å². The highest BCUT2D eigenvalue weighted by Crippen LogP contribution is 2.38. The van der Waals surface area contributed by atoms with Gasteiger partial charge in [0.2, 0.25) is 0 Å². The third-order valence-electron chi connectivity index (χ3n) is 2.91. The van der Waals surface area contributed by atoms with E-state index in [9.17, 15) is 0 Å². The average molecular weight is 206 g/mol. The van der Waals surface area contributed by atoms with E-state index in [1.165, 1.54) is 5.56 Å². The Balaban J connectivity index is 1.72. The Labute approximate surface area is 91.2 Å². The lowest BCUT2D eigenvalue weighted by Gasteiger charge is -2.07. The standard InChI is InChI=1S/C13H18O2/c1-3-12-13(2,15-12)10-14-9-11-7-5-4-6-8-11/h4-8,12H,3,9-10H2,1-2H3/t12-,13-/m1/s1. The highest BCUT2D eigenvalue weighted by Gasteiger charge is 2.50. The van der Waals surface area contributed by atoms with Crippen molar-refractivity contribution < 1.29 is 9.47 Å². The Hall–Kier alpha value is -0.860. The van der Waals surface area contributed by atoms with Crippen molar-refractivity contribution in [3.8, 4) is 0 Å². The van der Waals surface area contributed by atoms with E-state index in [1.54, 1.807) is 0 Å². The van der Waals surface area contributed by atoms with Crippen molar-refractivity contribution >= 4 is 0 Å². The summed E-state index contributed by atoms with van der Waals surface area (Å²) in [4.78, 5) is 0. The summed E-state index contributed by atoms with van der Waals surface area (Å²) in [5.74, 6) is 0. The van der Waals surface area contributed by atoms with Crippen LogP contribution in [0.1, 0.15) is 25.8 Å². The molecule has 2 nitrogen and oxygen atoms in total. The van der Waals surface area contributed by atoms with Crippen molar-refractivity contribution in [1.82, 2.24) is 0 Å². The first-order chi connectivity index (χ1) is 7.24. The molecule has 0 radical (unpaired) electrons. The molecule has 1 heterocycles. The molecule has 1 aliphatic rings. The van der Waals surface area contributed by atoms with Crippen LogP contribution < -0.4 is 0 Å². The minimum atomic E-state index is -0.0243. The van der Waals surface area contributed by atoms with E-state index in [0.717, 1.165) is 6.42 Å². The van der Waals surface area contributed by atoms with Gasteiger partial charge in [-0.05, 0) is 18.9 Å². The van der Waals surface area contributed by atoms with E-state index < -0.39 is 0 Å². The van der Waals surface area contributed by atoms with Crippen LogP contribution in [0.5, 0.6) is 0 Å². The molecule has 0 bridgehead atoms. The maximum atomic E-state index is 5.65. The third-order valence-corrected chi connectivity index (χ3v) is 2.91. The zero-order valence-corrected chi connectivity index (χ0v) is 9.40. The zero-order valence-electron chi connectivity index (χ0n) is 9.40. The highest BCUT2D eigenvalue weighted by molar-refractivity contribution is 5.13. The Kier molecular flexibility index (Phi) is 3.08. The summed E-state index contributed by atoms with van der Waals surface area (Å²) in [6.07, 6.45) is 1.47. The van der Waals surface area contributed by atoms with Gasteiger partial charge < -0.3 is 9.47 Å². The minimum Gasteiger partial charge on any atom is -0.374 e. The van der Waals surface area contributed by atoms with Gasteiger partial charge in [0.15, 0.2) is 0 Å². The van der Waals surface area contributed by atoms with Crippen molar-refractivity contribution in [3.63, 3.8) is 0 Å². The lowest BCUT2D eigenvalue weighted by molar-refractivity contribution is 0.0742. The zero-order chi connectivity index (χ0) is 10.7. The minimum absolute atomic E-state index is 0.0243. The summed E-state index contributed by atoms with van der Waals surface area (Å²) < 4.78 is 11.2. The second-order valence-corrected chi connectivity index (χ2v) is 4.31. The fourth-order valence-corrected chi connectivity index (χ4v) is 1.88. The van der Waals surface area contributed by atoms with Crippen molar-refractivity contribution in [2.24, 2.45) is 0 Å². The molecule has 82 valence electrons. The quantitative estimate of drug-likeness (QED) is 0.691. The van der Waals surface area contributed by atoms with Gasteiger partial charge in [-0.3, -0.25) is 0 Å². The summed E-state index contributed by atoms with van der Waals surface area (Å²) in [6, 6.07) is 10.2. The first-order valence-electron chi connectivity index (χ1n) is 5.54. The molecule has 1 saturated heterocycles. The number of hydrogen-bond acceptors (Lipinski definition) is 2. The monoisotopic (exact) mass is 206 g/mol. The van der Waals surface area contributed by atoms with Crippen LogP contribution in [-0.2, 0) is 16.1 Å². The molecule has 1 aromatic rings. The first kappa shape index (κ1) is 10.7. The van der Waals surface area contributed by atoms with E-state index in [-0.39, 0.29) is 5.60 Å². The number of ether oxygens (including phenoxy) is 2. The molecule has 0 unspecified atom stereocenters. The van der Waals surface area contributed by atoms with Gasteiger partial charge in [-0.1, -0.05) is 37.3 Å². The second-order valence-electron chi connectivity index (χ2n) is 4.31. The number of rotatable bonds is 5. The average Bonchev–Trinajstić information content (AvgIpc) is 2.91. The van der Waals surface area contributed by atoms with E-state index in [4.69, 9.17) is 9.47 Å². The molecule has 0 saturated carbocycles. The van der Waals surface area contributed by atoms with Gasteiger partial charge in [0.1, 0.15) is 5.60 Å². The van der Waals surface area contributed by atoms with Crippen LogP contribution in [0.4, 0.5) is 0 Å². The third kappa shape index (κ3) is 2.58. The number of benzene rings is 1. The molecular formula is C13H18O2. The summed E-state index contributed by atoms with van der Waals surface area (Å²) in [5.41, 5.74) is 1.19. The molecule has 2 atom stereocenters. The smallest absolute Gasteiger partial charge is 0.115 e. The van der Waals surface area contributed by atoms with E-state index in [2.05, 4.69) is 26.0 Å². The highest BCUT2D eigenvalue weighted by atomic mass is 16.6. The van der Waals surface area contributed by atoms with E-state index in [0.29, 0.717) is 19.3 Å². The molecule has 0 aliphatic carbocycles. The second kappa shape index (κ2) is 4.33. The van der Waals surface area contributed by atoms with Gasteiger partial charge in [-0.15, -0.1) is 0 Å². The van der Waals surface area contributed by atoms with Crippen molar-refractivity contribution in [2.45, 2.75) is 38.6 Å². The largest absolute Gasteiger partial charge is 0.374 e. The molecule has 0 aromatic heterocycles. The summed E-state index contributed by atoms with van der Waals surface area (Å²) >= 11 is 0. The Bertz CT molecular complexity index is 310. The van der Waals surface area contributed by atoms with E-state index >= 15 is 0 Å². The van der Waals surface area contributed by atoms with Crippen molar-refractivity contribution in [3.05, 3.63) is 35.9 Å². The summed E-state index contributed by atoms with van der Waals surface area (Å²) in [5, 5.41) is 0. The molecule has 0 N–H and O–H groups in total. The van der Waals surface area contributed by atoms with E-state index in [1.807, 2.05) is 18.2 Å². The molecular weight excluding hydrogens is 188 g/mol. The van der Waals surface area contributed by atoms with Gasteiger partial charge in [-0.25, -0.2) is 0 Å². The van der Waals surface area contributed by atoms with Crippen LogP contribution in [0.2, 0.25) is 0 Å². The van der Waals surface area contributed by atoms with Gasteiger partial charge >= 0.3 is 0 Å². The molecule has 1 aliphatic heterocycles. The maximum Gasteiger partial charge on any atom is 0.115 e. The molecule has 2 rings (SSSR count). The van der Waals surface area contributed by atoms with Gasteiger partial charge in [0.05, 0.1) is 19.3 Å². The number of epoxide rings is 1. The Morgan fingerprint density at radius 3 is 2.67 bits per heavy atom. The van der Waals surface area contributed by atoms with Gasteiger partial charge in [-0.2, -0.15) is 0 Å². The fourth-order valence-electron chi connectivity index (χ4n) is 1.88.